The van der Waals surface area contributed by atoms with Gasteiger partial charge in [-0.3, -0.25) is 4.79 Å². The van der Waals surface area contributed by atoms with E-state index >= 15 is 0 Å². The molecule has 4 fully saturated rings. The van der Waals surface area contributed by atoms with Gasteiger partial charge in [-0.05, 0) is 31.6 Å². The van der Waals surface area contributed by atoms with Crippen LogP contribution in [0.25, 0.3) is 0 Å². The Balaban J connectivity index is 1.13. The van der Waals surface area contributed by atoms with Gasteiger partial charge in [0.15, 0.2) is 5.79 Å². The topological polar surface area (TPSA) is 222 Å². The lowest BCUT2D eigenvalue weighted by atomic mass is 9.87. The predicted molar refractivity (Wildman–Crippen MR) is 167 cm³/mol. The lowest BCUT2D eigenvalue weighted by molar-refractivity contribution is -0.534. The van der Waals surface area contributed by atoms with Crippen LogP contribution < -0.4 is 10.2 Å². The van der Waals surface area contributed by atoms with Crippen molar-refractivity contribution < 1.29 is 76.9 Å². The fourth-order valence-electron chi connectivity index (χ4n) is 5.51. The molecule has 4 atom stereocenters. The molecule has 5 rings (SSSR count). The first-order chi connectivity index (χ1) is 24.5. The van der Waals surface area contributed by atoms with Gasteiger partial charge in [0.1, 0.15) is 11.1 Å². The predicted octanol–water partition coefficient (Wildman–Crippen LogP) is 1.50. The van der Waals surface area contributed by atoms with Crippen LogP contribution >= 0.6 is 0 Å². The first kappa shape index (κ1) is 37.8. The number of esters is 6. The Morgan fingerprint density at radius 2 is 1.10 bits per heavy atom. The van der Waals surface area contributed by atoms with Gasteiger partial charge in [-0.2, -0.15) is 0 Å². The van der Waals surface area contributed by atoms with Crippen molar-refractivity contribution in [2.24, 2.45) is 5.92 Å². The van der Waals surface area contributed by atoms with E-state index in [1.807, 2.05) is 0 Å². The van der Waals surface area contributed by atoms with Crippen LogP contribution in [0.2, 0.25) is 0 Å². The second kappa shape index (κ2) is 14.6. The summed E-state index contributed by atoms with van der Waals surface area (Å²) in [6.07, 6.45) is 11.1. The molecule has 0 radical (unpaired) electrons. The molecule has 2 spiro atoms. The SMILES string of the molecule is CCC1(C)OC(=O)C(/C=C/C=C/C=C2C(=O)OC3(CCC4(CC3)OC(=O)C(=C/C=C/C=C/C3C(=O)OC(C)(CC)OC3[O-])C(=O)O4)OC2=O)=C([O-])O1. The molecular weight excluding hydrogens is 688 g/mol. The minimum absolute atomic E-state index is 0.144. The van der Waals surface area contributed by atoms with Crippen molar-refractivity contribution in [2.45, 2.75) is 95.7 Å². The normalized spacial score (nSPS) is 34.1. The van der Waals surface area contributed by atoms with Gasteiger partial charge in [-0.1, -0.05) is 56.4 Å². The average Bonchev–Trinajstić information content (AvgIpc) is 3.06. The van der Waals surface area contributed by atoms with Gasteiger partial charge in [-0.15, -0.1) is 0 Å². The van der Waals surface area contributed by atoms with Gasteiger partial charge >= 0.3 is 35.8 Å². The summed E-state index contributed by atoms with van der Waals surface area (Å²) in [5.41, 5.74) is -1.17. The molecule has 1 saturated carbocycles. The summed E-state index contributed by atoms with van der Waals surface area (Å²) < 4.78 is 42.6. The van der Waals surface area contributed by atoms with Gasteiger partial charge < -0.3 is 48.1 Å². The third-order valence-electron chi connectivity index (χ3n) is 8.91. The molecule has 278 valence electrons. The Kier molecular flexibility index (Phi) is 10.6. The van der Waals surface area contributed by atoms with Crippen LogP contribution in [-0.4, -0.2) is 65.3 Å². The van der Waals surface area contributed by atoms with E-state index in [0.29, 0.717) is 6.42 Å². The second-order valence-electron chi connectivity index (χ2n) is 12.7. The van der Waals surface area contributed by atoms with Crippen molar-refractivity contribution in [1.82, 2.24) is 0 Å². The molecule has 0 N–H and O–H groups in total. The molecule has 0 bridgehead atoms. The van der Waals surface area contributed by atoms with E-state index in [9.17, 15) is 39.0 Å². The fraction of sp³-hybridized carbons (Fsp3) is 0.444. The summed E-state index contributed by atoms with van der Waals surface area (Å²) in [6.45, 7) is 6.37. The third-order valence-corrected chi connectivity index (χ3v) is 8.91. The lowest BCUT2D eigenvalue weighted by Gasteiger charge is -2.45. The van der Waals surface area contributed by atoms with Gasteiger partial charge in [0.05, 0.1) is 17.4 Å². The Morgan fingerprint density at radius 3 is 1.54 bits per heavy atom. The minimum atomic E-state index is -1.68. The van der Waals surface area contributed by atoms with Crippen LogP contribution in [0.5, 0.6) is 0 Å². The lowest BCUT2D eigenvalue weighted by Crippen LogP contribution is -2.56. The zero-order valence-electron chi connectivity index (χ0n) is 28.7. The number of carbonyl (C=O) groups is 6. The summed E-state index contributed by atoms with van der Waals surface area (Å²) in [5, 5.41) is 24.4. The van der Waals surface area contributed by atoms with Crippen LogP contribution in [-0.2, 0) is 66.7 Å². The van der Waals surface area contributed by atoms with Crippen molar-refractivity contribution >= 4 is 35.8 Å². The molecule has 3 saturated heterocycles. The number of ether oxygens (including phenoxy) is 8. The molecule has 4 heterocycles. The highest BCUT2D eigenvalue weighted by atomic mass is 16.8. The molecule has 16 nitrogen and oxygen atoms in total. The maximum atomic E-state index is 12.8. The maximum absolute atomic E-state index is 12.8. The molecule has 4 unspecified atom stereocenters. The summed E-state index contributed by atoms with van der Waals surface area (Å²) in [6, 6.07) is 0. The molecule has 16 heteroatoms. The van der Waals surface area contributed by atoms with Crippen LogP contribution in [0.1, 0.15) is 66.2 Å². The monoisotopic (exact) mass is 724 g/mol. The second-order valence-corrected chi connectivity index (χ2v) is 12.7. The van der Waals surface area contributed by atoms with Gasteiger partial charge in [-0.25, -0.2) is 24.0 Å². The zero-order chi connectivity index (χ0) is 37.9. The number of hydrogen-bond acceptors (Lipinski definition) is 16. The van der Waals surface area contributed by atoms with Crippen molar-refractivity contribution in [3.05, 3.63) is 83.4 Å². The Labute approximate surface area is 297 Å². The summed E-state index contributed by atoms with van der Waals surface area (Å²) in [7, 11) is 0. The molecule has 5 aliphatic rings. The van der Waals surface area contributed by atoms with Crippen LogP contribution in [0.15, 0.2) is 83.4 Å². The Bertz CT molecular complexity index is 1710. The zero-order valence-corrected chi connectivity index (χ0v) is 28.7. The van der Waals surface area contributed by atoms with Crippen LogP contribution in [0, 0.1) is 5.92 Å². The highest BCUT2D eigenvalue weighted by Crippen LogP contribution is 2.45. The molecule has 0 aromatic rings. The van der Waals surface area contributed by atoms with Crippen molar-refractivity contribution in [3.63, 3.8) is 0 Å². The van der Waals surface area contributed by atoms with E-state index in [1.54, 1.807) is 13.8 Å². The van der Waals surface area contributed by atoms with E-state index in [4.69, 9.17) is 37.9 Å². The summed E-state index contributed by atoms with van der Waals surface area (Å²) >= 11 is 0. The van der Waals surface area contributed by atoms with Gasteiger partial charge in [0.25, 0.3) is 11.6 Å². The molecular formula is C36H36O16-2. The molecule has 52 heavy (non-hydrogen) atoms. The van der Waals surface area contributed by atoms with E-state index in [-0.39, 0.29) is 37.7 Å². The highest BCUT2D eigenvalue weighted by molar-refractivity contribution is 6.16. The summed E-state index contributed by atoms with van der Waals surface area (Å²) in [4.78, 5) is 75.5. The quantitative estimate of drug-likeness (QED) is 0.114. The molecule has 0 aromatic heterocycles. The molecule has 0 aromatic carbocycles. The fourth-order valence-corrected chi connectivity index (χ4v) is 5.51. The first-order valence-corrected chi connectivity index (χ1v) is 16.5. The number of allylic oxidation sites excluding steroid dienone is 8. The maximum Gasteiger partial charge on any atom is 0.348 e. The minimum Gasteiger partial charge on any atom is -0.830 e. The van der Waals surface area contributed by atoms with Crippen molar-refractivity contribution in [3.8, 4) is 0 Å². The van der Waals surface area contributed by atoms with Crippen LogP contribution in [0.4, 0.5) is 0 Å². The number of carbonyl (C=O) groups excluding carboxylic acids is 6. The number of cyclic esters (lactones) is 2. The van der Waals surface area contributed by atoms with E-state index in [0.717, 1.165) is 12.2 Å². The van der Waals surface area contributed by atoms with E-state index in [2.05, 4.69) is 0 Å². The molecule has 1 aliphatic carbocycles. The van der Waals surface area contributed by atoms with E-state index in [1.165, 1.54) is 62.5 Å². The number of rotatable bonds is 8. The summed E-state index contributed by atoms with van der Waals surface area (Å²) in [5.74, 6) is -13.5. The Morgan fingerprint density at radius 1 is 0.615 bits per heavy atom. The van der Waals surface area contributed by atoms with Crippen LogP contribution in [0.3, 0.4) is 0 Å². The third kappa shape index (κ3) is 8.02. The first-order valence-electron chi connectivity index (χ1n) is 16.5. The average molecular weight is 725 g/mol. The van der Waals surface area contributed by atoms with E-state index < -0.39 is 88.3 Å². The highest BCUT2D eigenvalue weighted by Gasteiger charge is 2.56. The van der Waals surface area contributed by atoms with Crippen molar-refractivity contribution in [2.75, 3.05) is 0 Å². The number of hydrogen-bond donors (Lipinski definition) is 0. The van der Waals surface area contributed by atoms with Gasteiger partial charge in [0, 0.05) is 45.3 Å². The molecule has 4 aliphatic heterocycles. The van der Waals surface area contributed by atoms with Gasteiger partial charge in [0.2, 0.25) is 5.79 Å². The largest absolute Gasteiger partial charge is 0.830 e. The molecule has 0 amide bonds. The Hall–Kier alpha value is -5.48. The smallest absolute Gasteiger partial charge is 0.348 e. The van der Waals surface area contributed by atoms with Crippen molar-refractivity contribution in [1.29, 1.82) is 0 Å². The standard InChI is InChI=1S/C36H37O16/c1-5-33(3)45-25(37)21(26(38)46-33)13-9-7-11-15-23-29(41)49-35(50-30(23)42)17-19-36(20-18-35)51-31(43)24(32(44)52-36)16-12-8-10-14-22-27(39)47-34(4,6-2)48-28(22)40/h7-16,21,25,39H,5-6,17-20H2,1-4H3/q-1/p-1/b11-7+,12-8+,13-9+,14-10+,23-15?,24-16?.